The summed E-state index contributed by atoms with van der Waals surface area (Å²) in [5.41, 5.74) is 1.51. The van der Waals surface area contributed by atoms with Crippen LogP contribution >= 0.6 is 0 Å². The monoisotopic (exact) mass is 399 g/mol. The van der Waals surface area contributed by atoms with Crippen molar-refractivity contribution in [1.82, 2.24) is 9.80 Å². The van der Waals surface area contributed by atoms with Gasteiger partial charge in [0.1, 0.15) is 17.9 Å². The zero-order valence-corrected chi connectivity index (χ0v) is 17.6. The molecule has 0 heterocycles. The van der Waals surface area contributed by atoms with Crippen LogP contribution in [0.5, 0.6) is 11.5 Å². The molecule has 2 aromatic carbocycles. The Bertz CT molecular complexity index is 824. The number of rotatable bonds is 9. The normalized spacial score (nSPS) is 11.7. The van der Waals surface area contributed by atoms with Gasteiger partial charge in [-0.3, -0.25) is 9.59 Å². The summed E-state index contributed by atoms with van der Waals surface area (Å²) < 4.78 is 10.4. The number of carbonyl (C=O) groups excluding carboxylic acids is 2. The second-order valence-electron chi connectivity index (χ2n) is 6.98. The van der Waals surface area contributed by atoms with Crippen LogP contribution in [0.3, 0.4) is 0 Å². The van der Waals surface area contributed by atoms with E-state index >= 15 is 0 Å². The van der Waals surface area contributed by atoms with Gasteiger partial charge in [-0.2, -0.15) is 0 Å². The number of hydrogen-bond donors (Lipinski definition) is 1. The van der Waals surface area contributed by atoms with Crippen molar-refractivity contribution in [3.63, 3.8) is 0 Å². The molecule has 2 aromatic rings. The highest BCUT2D eigenvalue weighted by Crippen LogP contribution is 2.29. The Hall–Kier alpha value is -3.06. The zero-order chi connectivity index (χ0) is 21.4. The van der Waals surface area contributed by atoms with Gasteiger partial charge in [0, 0.05) is 19.7 Å². The highest BCUT2D eigenvalue weighted by atomic mass is 16.5. The minimum absolute atomic E-state index is 0.151. The molecule has 7 nitrogen and oxygen atoms in total. The van der Waals surface area contributed by atoms with Gasteiger partial charge >= 0.3 is 0 Å². The lowest BCUT2D eigenvalue weighted by molar-refractivity contribution is -0.135. The van der Waals surface area contributed by atoms with Gasteiger partial charge in [-0.15, -0.1) is 0 Å². The van der Waals surface area contributed by atoms with E-state index in [9.17, 15) is 9.59 Å². The molecule has 2 rings (SSSR count). The van der Waals surface area contributed by atoms with E-state index in [1.807, 2.05) is 49.3 Å². The van der Waals surface area contributed by atoms with Crippen molar-refractivity contribution in [2.75, 3.05) is 47.2 Å². The van der Waals surface area contributed by atoms with Crippen LogP contribution in [0.4, 0.5) is 5.69 Å². The Kier molecular flexibility index (Phi) is 8.03. The predicted molar refractivity (Wildman–Crippen MR) is 113 cm³/mol. The van der Waals surface area contributed by atoms with Crippen molar-refractivity contribution in [2.24, 2.45) is 0 Å². The van der Waals surface area contributed by atoms with Crippen molar-refractivity contribution >= 4 is 17.5 Å². The van der Waals surface area contributed by atoms with E-state index in [0.717, 1.165) is 5.56 Å². The molecule has 0 aromatic heterocycles. The number of likely N-dealkylation sites (N-methyl/N-ethyl adjacent to an activating group) is 2. The van der Waals surface area contributed by atoms with Crippen LogP contribution in [0.1, 0.15) is 18.0 Å². The largest absolute Gasteiger partial charge is 0.497 e. The molecular weight excluding hydrogens is 370 g/mol. The summed E-state index contributed by atoms with van der Waals surface area (Å²) in [6.45, 7) is 0.653. The Labute approximate surface area is 172 Å². The summed E-state index contributed by atoms with van der Waals surface area (Å²) in [6.07, 6.45) is -0.261. The van der Waals surface area contributed by atoms with Crippen molar-refractivity contribution in [1.29, 1.82) is 0 Å². The van der Waals surface area contributed by atoms with Crippen molar-refractivity contribution in [3.8, 4) is 11.5 Å². The maximum atomic E-state index is 12.8. The molecule has 1 atom stereocenters. The van der Waals surface area contributed by atoms with Crippen LogP contribution < -0.4 is 14.8 Å². The van der Waals surface area contributed by atoms with Gasteiger partial charge in [-0.25, -0.2) is 0 Å². The number of methoxy groups -OCH3 is 2. The van der Waals surface area contributed by atoms with Crippen molar-refractivity contribution in [3.05, 3.63) is 54.1 Å². The van der Waals surface area contributed by atoms with Crippen LogP contribution in [-0.2, 0) is 9.59 Å². The number of hydrogen-bond acceptors (Lipinski definition) is 5. The summed E-state index contributed by atoms with van der Waals surface area (Å²) in [6, 6.07) is 14.7. The first-order valence-corrected chi connectivity index (χ1v) is 9.33. The maximum absolute atomic E-state index is 12.8. The first-order valence-electron chi connectivity index (χ1n) is 9.33. The third-order valence-electron chi connectivity index (χ3n) is 4.58. The lowest BCUT2D eigenvalue weighted by Gasteiger charge is -2.31. The fourth-order valence-electron chi connectivity index (χ4n) is 3.00. The molecule has 2 amide bonds. The number of amides is 2. The van der Waals surface area contributed by atoms with Crippen LogP contribution in [0, 0.1) is 0 Å². The molecule has 1 N–H and O–H groups in total. The number of nitrogens with one attached hydrogen (secondary N) is 1. The highest BCUT2D eigenvalue weighted by molar-refractivity contribution is 6.04. The molecule has 0 saturated heterocycles. The van der Waals surface area contributed by atoms with Gasteiger partial charge in [0.05, 0.1) is 25.9 Å². The minimum Gasteiger partial charge on any atom is -0.497 e. The number of carbonyl (C=O) groups is 2. The molecule has 0 aliphatic rings. The van der Waals surface area contributed by atoms with E-state index in [0.29, 0.717) is 23.7 Å². The van der Waals surface area contributed by atoms with Crippen LogP contribution in [0.15, 0.2) is 48.5 Å². The fraction of sp³-hybridized carbons (Fsp3) is 0.364. The number of nitrogens with zero attached hydrogens (tertiary/aromatic N) is 2. The Morgan fingerprint density at radius 1 is 1.00 bits per heavy atom. The smallest absolute Gasteiger partial charge is 0.233 e. The SMILES string of the molecule is COc1ccc(NC(=O)CC(=O)N(C)[C@@H](CN(C)C)c2ccccc2)c(OC)c1. The van der Waals surface area contributed by atoms with Crippen LogP contribution in [0.25, 0.3) is 0 Å². The first-order chi connectivity index (χ1) is 13.8. The van der Waals surface area contributed by atoms with Gasteiger partial charge < -0.3 is 24.6 Å². The van der Waals surface area contributed by atoms with Crippen LogP contribution in [-0.4, -0.2) is 63.5 Å². The summed E-state index contributed by atoms with van der Waals surface area (Å²) in [5, 5.41) is 2.74. The third kappa shape index (κ3) is 6.22. The van der Waals surface area contributed by atoms with E-state index in [-0.39, 0.29) is 18.4 Å². The topological polar surface area (TPSA) is 71.1 Å². The Morgan fingerprint density at radius 3 is 2.28 bits per heavy atom. The van der Waals surface area contributed by atoms with Gasteiger partial charge in [0.2, 0.25) is 11.8 Å². The predicted octanol–water partition coefficient (Wildman–Crippen LogP) is 2.79. The van der Waals surface area contributed by atoms with Crippen LogP contribution in [0.2, 0.25) is 0 Å². The number of anilines is 1. The molecule has 0 unspecified atom stereocenters. The molecule has 156 valence electrons. The molecule has 0 aliphatic carbocycles. The Morgan fingerprint density at radius 2 is 1.69 bits per heavy atom. The molecule has 0 bridgehead atoms. The summed E-state index contributed by atoms with van der Waals surface area (Å²) in [5.74, 6) is 0.422. The fourth-order valence-corrected chi connectivity index (χ4v) is 3.00. The molecule has 0 aliphatic heterocycles. The van der Waals surface area contributed by atoms with E-state index in [2.05, 4.69) is 5.32 Å². The zero-order valence-electron chi connectivity index (χ0n) is 17.6. The highest BCUT2D eigenvalue weighted by Gasteiger charge is 2.24. The van der Waals surface area contributed by atoms with Gasteiger partial charge in [-0.05, 0) is 31.8 Å². The summed E-state index contributed by atoms with van der Waals surface area (Å²) in [4.78, 5) is 28.9. The van der Waals surface area contributed by atoms with Gasteiger partial charge in [0.15, 0.2) is 0 Å². The van der Waals surface area contributed by atoms with E-state index < -0.39 is 5.91 Å². The average Bonchev–Trinajstić information content (AvgIpc) is 2.72. The molecule has 7 heteroatoms. The number of benzene rings is 2. The first kappa shape index (κ1) is 22.2. The average molecular weight is 399 g/mol. The van der Waals surface area contributed by atoms with E-state index in [1.165, 1.54) is 7.11 Å². The molecule has 0 fully saturated rings. The standard InChI is InChI=1S/C22H29N3O4/c1-24(2)15-19(16-9-7-6-8-10-16)25(3)22(27)14-21(26)23-18-12-11-17(28-4)13-20(18)29-5/h6-13,19H,14-15H2,1-5H3,(H,23,26)/t19-/m0/s1. The molecule has 29 heavy (non-hydrogen) atoms. The molecular formula is C22H29N3O4. The third-order valence-corrected chi connectivity index (χ3v) is 4.58. The lowest BCUT2D eigenvalue weighted by Crippen LogP contribution is -2.38. The van der Waals surface area contributed by atoms with Gasteiger partial charge in [-0.1, -0.05) is 30.3 Å². The second kappa shape index (κ2) is 10.5. The molecule has 0 saturated carbocycles. The summed E-state index contributed by atoms with van der Waals surface area (Å²) >= 11 is 0. The lowest BCUT2D eigenvalue weighted by atomic mass is 10.0. The van der Waals surface area contributed by atoms with E-state index in [1.54, 1.807) is 37.3 Å². The van der Waals surface area contributed by atoms with Crippen molar-refractivity contribution < 1.29 is 19.1 Å². The molecule has 0 radical (unpaired) electrons. The maximum Gasteiger partial charge on any atom is 0.233 e. The Balaban J connectivity index is 2.08. The van der Waals surface area contributed by atoms with Gasteiger partial charge in [0.25, 0.3) is 0 Å². The number of ether oxygens (including phenoxy) is 2. The van der Waals surface area contributed by atoms with Crippen molar-refractivity contribution in [2.45, 2.75) is 12.5 Å². The molecule has 0 spiro atoms. The summed E-state index contributed by atoms with van der Waals surface area (Å²) in [7, 11) is 8.70. The van der Waals surface area contributed by atoms with E-state index in [4.69, 9.17) is 9.47 Å². The quantitative estimate of drug-likeness (QED) is 0.657. The second-order valence-corrected chi connectivity index (χ2v) is 6.98. The minimum atomic E-state index is -0.401.